The van der Waals surface area contributed by atoms with Crippen molar-refractivity contribution in [3.05, 3.63) is 35.5 Å². The molecule has 2 unspecified atom stereocenters. The van der Waals surface area contributed by atoms with E-state index in [1.807, 2.05) is 0 Å². The van der Waals surface area contributed by atoms with Crippen LogP contribution in [0.5, 0.6) is 0 Å². The van der Waals surface area contributed by atoms with Crippen molar-refractivity contribution in [1.29, 1.82) is 0 Å². The first-order valence-corrected chi connectivity index (χ1v) is 12.2. The molecule has 164 valence electrons. The van der Waals surface area contributed by atoms with Crippen molar-refractivity contribution in [3.63, 3.8) is 0 Å². The van der Waals surface area contributed by atoms with E-state index in [9.17, 15) is 10.2 Å². The van der Waals surface area contributed by atoms with Crippen LogP contribution < -0.4 is 0 Å². The molecule has 3 fully saturated rings. The van der Waals surface area contributed by atoms with Crippen LogP contribution in [0.2, 0.25) is 0 Å². The molecule has 0 bridgehead atoms. The van der Waals surface area contributed by atoms with Gasteiger partial charge in [-0.15, -0.1) is 0 Å². The van der Waals surface area contributed by atoms with E-state index >= 15 is 0 Å². The van der Waals surface area contributed by atoms with Gasteiger partial charge in [-0.1, -0.05) is 57.6 Å². The van der Waals surface area contributed by atoms with Gasteiger partial charge in [-0.05, 0) is 98.9 Å². The van der Waals surface area contributed by atoms with Crippen LogP contribution in [0.15, 0.2) is 35.5 Å². The van der Waals surface area contributed by atoms with Gasteiger partial charge in [-0.2, -0.15) is 0 Å². The number of hydrogen-bond acceptors (Lipinski definition) is 2. The fourth-order valence-electron chi connectivity index (χ4n) is 6.58. The summed E-state index contributed by atoms with van der Waals surface area (Å²) in [5.74, 6) is 2.52. The van der Waals surface area contributed by atoms with Gasteiger partial charge >= 0.3 is 0 Å². The van der Waals surface area contributed by atoms with Crippen LogP contribution in [0.3, 0.4) is 0 Å². The molecule has 0 aromatic carbocycles. The molecule has 0 saturated heterocycles. The van der Waals surface area contributed by atoms with Gasteiger partial charge in [0.25, 0.3) is 0 Å². The summed E-state index contributed by atoms with van der Waals surface area (Å²) < 4.78 is 0. The molecule has 0 amide bonds. The first kappa shape index (κ1) is 22.8. The van der Waals surface area contributed by atoms with Crippen LogP contribution in [-0.2, 0) is 0 Å². The zero-order valence-electron chi connectivity index (χ0n) is 19.3. The molecule has 0 aliphatic heterocycles. The molecule has 2 nitrogen and oxygen atoms in total. The average Bonchev–Trinajstić information content (AvgIpc) is 3.04. The third-order valence-electron chi connectivity index (χ3n) is 8.60. The lowest BCUT2D eigenvalue weighted by Gasteiger charge is -2.44. The maximum Gasteiger partial charge on any atom is 0.0583 e. The van der Waals surface area contributed by atoms with Crippen molar-refractivity contribution in [1.82, 2.24) is 0 Å². The van der Waals surface area contributed by atoms with E-state index in [4.69, 9.17) is 0 Å². The summed E-state index contributed by atoms with van der Waals surface area (Å²) in [5, 5.41) is 20.3. The SMILES string of the molecule is C=C1CC[C@H](O)CC1=CC=C1CCC[C@@]2(C)C1CC[C@@H]2[C@H](C)CCC(O)C(C)C. The number of allylic oxidation sites excluding steroid dienone is 4. The zero-order valence-corrected chi connectivity index (χ0v) is 19.3. The number of rotatable bonds is 6. The summed E-state index contributed by atoms with van der Waals surface area (Å²) in [6.07, 6.45) is 15.5. The van der Waals surface area contributed by atoms with Gasteiger partial charge in [0.1, 0.15) is 0 Å². The van der Waals surface area contributed by atoms with Gasteiger partial charge in [0, 0.05) is 0 Å². The predicted octanol–water partition coefficient (Wildman–Crippen LogP) is 6.59. The normalized spacial score (nSPS) is 37.9. The molecule has 3 rings (SSSR count). The van der Waals surface area contributed by atoms with Crippen LogP contribution in [0.4, 0.5) is 0 Å². The van der Waals surface area contributed by atoms with Crippen molar-refractivity contribution in [2.24, 2.45) is 29.1 Å². The first-order chi connectivity index (χ1) is 13.7. The summed E-state index contributed by atoms with van der Waals surface area (Å²) in [4.78, 5) is 0. The summed E-state index contributed by atoms with van der Waals surface area (Å²) in [6, 6.07) is 0. The molecule has 0 radical (unpaired) electrons. The van der Waals surface area contributed by atoms with Crippen LogP contribution in [-0.4, -0.2) is 22.4 Å². The standard InChI is InChI=1S/C27H44O2/c1-18(2)26(29)15-9-20(4)24-13-14-25-21(7-6-16-27(24,25)5)10-11-22-17-23(28)12-8-19(22)3/h10-11,18,20,23-26,28-29H,3,6-9,12-17H2,1-2,4-5H3/t20-,23+,24-,25?,26?,27-/m1/s1. The van der Waals surface area contributed by atoms with E-state index in [1.54, 1.807) is 5.57 Å². The molecule has 29 heavy (non-hydrogen) atoms. The van der Waals surface area contributed by atoms with Crippen LogP contribution in [0.1, 0.15) is 91.9 Å². The molecule has 3 saturated carbocycles. The molecule has 0 heterocycles. The average molecular weight is 401 g/mol. The second-order valence-corrected chi connectivity index (χ2v) is 10.9. The highest BCUT2D eigenvalue weighted by Gasteiger charge is 2.50. The van der Waals surface area contributed by atoms with E-state index < -0.39 is 0 Å². The Morgan fingerprint density at radius 2 is 1.86 bits per heavy atom. The minimum atomic E-state index is -0.195. The lowest BCUT2D eigenvalue weighted by molar-refractivity contribution is 0.0717. The molecule has 3 aliphatic carbocycles. The van der Waals surface area contributed by atoms with Crippen LogP contribution in [0, 0.1) is 29.1 Å². The minimum Gasteiger partial charge on any atom is -0.393 e. The molecule has 0 aromatic heterocycles. The first-order valence-electron chi connectivity index (χ1n) is 12.2. The second-order valence-electron chi connectivity index (χ2n) is 10.9. The highest BCUT2D eigenvalue weighted by atomic mass is 16.3. The van der Waals surface area contributed by atoms with Crippen LogP contribution >= 0.6 is 0 Å². The highest BCUT2D eigenvalue weighted by molar-refractivity contribution is 5.36. The predicted molar refractivity (Wildman–Crippen MR) is 123 cm³/mol. The lowest BCUT2D eigenvalue weighted by atomic mass is 9.60. The van der Waals surface area contributed by atoms with Crippen molar-refractivity contribution in [2.75, 3.05) is 0 Å². The van der Waals surface area contributed by atoms with Gasteiger partial charge in [-0.25, -0.2) is 0 Å². The maximum atomic E-state index is 10.3. The molecule has 3 aliphatic rings. The number of hydrogen-bond donors (Lipinski definition) is 2. The summed E-state index contributed by atoms with van der Waals surface area (Å²) in [7, 11) is 0. The van der Waals surface area contributed by atoms with Crippen molar-refractivity contribution in [3.8, 4) is 0 Å². The van der Waals surface area contributed by atoms with Gasteiger partial charge in [0.2, 0.25) is 0 Å². The van der Waals surface area contributed by atoms with Crippen molar-refractivity contribution < 1.29 is 10.2 Å². The monoisotopic (exact) mass is 400 g/mol. The summed E-state index contributed by atoms with van der Waals surface area (Å²) in [5.41, 5.74) is 4.52. The Labute approximate surface area is 179 Å². The fourth-order valence-corrected chi connectivity index (χ4v) is 6.58. The van der Waals surface area contributed by atoms with Gasteiger partial charge in [-0.3, -0.25) is 0 Å². The van der Waals surface area contributed by atoms with Gasteiger partial charge in [0.15, 0.2) is 0 Å². The maximum absolute atomic E-state index is 10.3. The molecule has 2 N–H and O–H groups in total. The lowest BCUT2D eigenvalue weighted by Crippen LogP contribution is -2.36. The Hall–Kier alpha value is -0.860. The molecule has 2 heteroatoms. The molecular formula is C27H44O2. The van der Waals surface area contributed by atoms with E-state index in [1.165, 1.54) is 43.3 Å². The summed E-state index contributed by atoms with van der Waals surface area (Å²) >= 11 is 0. The molecule has 0 spiro atoms. The zero-order chi connectivity index (χ0) is 21.2. The van der Waals surface area contributed by atoms with E-state index in [2.05, 4.69) is 46.4 Å². The van der Waals surface area contributed by atoms with E-state index in [0.717, 1.165) is 38.0 Å². The smallest absolute Gasteiger partial charge is 0.0583 e. The third kappa shape index (κ3) is 5.07. The Balaban J connectivity index is 1.70. The van der Waals surface area contributed by atoms with Crippen molar-refractivity contribution >= 4 is 0 Å². The second kappa shape index (κ2) is 9.52. The fraction of sp³-hybridized carbons (Fsp3) is 0.778. The quantitative estimate of drug-likeness (QED) is 0.528. The number of aliphatic hydroxyl groups is 2. The van der Waals surface area contributed by atoms with Gasteiger partial charge < -0.3 is 10.2 Å². The van der Waals surface area contributed by atoms with Crippen LogP contribution in [0.25, 0.3) is 0 Å². The number of aliphatic hydroxyl groups excluding tert-OH is 2. The third-order valence-corrected chi connectivity index (χ3v) is 8.60. The van der Waals surface area contributed by atoms with Gasteiger partial charge in [0.05, 0.1) is 12.2 Å². The largest absolute Gasteiger partial charge is 0.393 e. The van der Waals surface area contributed by atoms with Crippen molar-refractivity contribution in [2.45, 2.75) is 104 Å². The summed E-state index contributed by atoms with van der Waals surface area (Å²) in [6.45, 7) is 13.4. The van der Waals surface area contributed by atoms with E-state index in [0.29, 0.717) is 23.2 Å². The Kier molecular flexibility index (Phi) is 7.49. The molecular weight excluding hydrogens is 356 g/mol. The minimum absolute atomic E-state index is 0.158. The Morgan fingerprint density at radius 3 is 2.59 bits per heavy atom. The van der Waals surface area contributed by atoms with E-state index in [-0.39, 0.29) is 12.2 Å². The molecule has 6 atom stereocenters. The Morgan fingerprint density at radius 1 is 1.10 bits per heavy atom. The topological polar surface area (TPSA) is 40.5 Å². The number of fused-ring (bicyclic) bond motifs is 1. The Bertz CT molecular complexity index is 643. The highest BCUT2D eigenvalue weighted by Crippen LogP contribution is 2.59. The molecule has 0 aromatic rings.